The van der Waals surface area contributed by atoms with Gasteiger partial charge in [0.1, 0.15) is 11.4 Å². The van der Waals surface area contributed by atoms with Crippen LogP contribution in [0.15, 0.2) is 60.8 Å². The Morgan fingerprint density at radius 1 is 1.00 bits per heavy atom. The highest BCUT2D eigenvalue weighted by molar-refractivity contribution is 5.66. The zero-order valence-electron chi connectivity index (χ0n) is 11.0. The number of nitrogens with zero attached hydrogens (tertiary/aromatic N) is 2. The number of methoxy groups -OCH3 is 1. The van der Waals surface area contributed by atoms with Gasteiger partial charge in [-0.15, -0.1) is 0 Å². The Hall–Kier alpha value is -2.75. The first-order valence-electron chi connectivity index (χ1n) is 6.26. The van der Waals surface area contributed by atoms with Gasteiger partial charge in [0, 0.05) is 5.56 Å². The van der Waals surface area contributed by atoms with Crippen molar-refractivity contribution in [3.05, 3.63) is 60.8 Å². The fourth-order valence-electron chi connectivity index (χ4n) is 2.03. The molecule has 0 spiro atoms. The molecule has 0 aliphatic rings. The zero-order chi connectivity index (χ0) is 13.9. The summed E-state index contributed by atoms with van der Waals surface area (Å²) in [6.45, 7) is 0. The van der Waals surface area contributed by atoms with Crippen molar-refractivity contribution >= 4 is 0 Å². The van der Waals surface area contributed by atoms with Crippen LogP contribution in [0.4, 0.5) is 0 Å². The molecule has 0 radical (unpaired) electrons. The quantitative estimate of drug-likeness (QED) is 0.791. The van der Waals surface area contributed by atoms with Gasteiger partial charge in [-0.3, -0.25) is 0 Å². The lowest BCUT2D eigenvalue weighted by atomic mass is 10.1. The van der Waals surface area contributed by atoms with Crippen LogP contribution in [0.1, 0.15) is 0 Å². The van der Waals surface area contributed by atoms with E-state index in [1.54, 1.807) is 18.0 Å². The predicted octanol–water partition coefficient (Wildman–Crippen LogP) is 3.25. The Labute approximate surface area is 116 Å². The van der Waals surface area contributed by atoms with Gasteiger partial charge in [-0.25, -0.2) is 4.68 Å². The van der Waals surface area contributed by atoms with Crippen LogP contribution in [-0.4, -0.2) is 22.0 Å². The number of aromatic nitrogens is 2. The molecular formula is C16H14N2O2. The molecule has 0 aliphatic heterocycles. The number of hydrogen-bond acceptors (Lipinski definition) is 3. The van der Waals surface area contributed by atoms with E-state index in [4.69, 9.17) is 4.74 Å². The summed E-state index contributed by atoms with van der Waals surface area (Å²) in [5.41, 5.74) is 2.30. The second-order valence-corrected chi connectivity index (χ2v) is 4.37. The van der Waals surface area contributed by atoms with Crippen LogP contribution in [0, 0.1) is 0 Å². The summed E-state index contributed by atoms with van der Waals surface area (Å²) < 4.78 is 6.78. The lowest BCUT2D eigenvalue weighted by molar-refractivity contribution is 0.415. The zero-order valence-corrected chi connectivity index (χ0v) is 11.0. The van der Waals surface area contributed by atoms with E-state index in [2.05, 4.69) is 5.10 Å². The van der Waals surface area contributed by atoms with Crippen LogP contribution >= 0.6 is 0 Å². The van der Waals surface area contributed by atoms with Crippen molar-refractivity contribution in [3.8, 4) is 28.4 Å². The first kappa shape index (κ1) is 12.3. The van der Waals surface area contributed by atoms with Crippen LogP contribution in [0.3, 0.4) is 0 Å². The number of ether oxygens (including phenoxy) is 1. The van der Waals surface area contributed by atoms with Crippen LogP contribution in [0.5, 0.6) is 11.5 Å². The maximum atomic E-state index is 10.1. The molecule has 1 heterocycles. The lowest BCUT2D eigenvalue weighted by Gasteiger charge is -2.01. The summed E-state index contributed by atoms with van der Waals surface area (Å²) in [5.74, 6) is 0.926. The van der Waals surface area contributed by atoms with Gasteiger partial charge in [0.05, 0.1) is 19.0 Å². The molecule has 2 aromatic carbocycles. The molecule has 1 aromatic heterocycles. The normalized spacial score (nSPS) is 10.4. The average molecular weight is 266 g/mol. The van der Waals surface area contributed by atoms with E-state index in [1.807, 2.05) is 54.6 Å². The summed E-state index contributed by atoms with van der Waals surface area (Å²) in [6, 6.07) is 17.1. The van der Waals surface area contributed by atoms with Gasteiger partial charge in [-0.1, -0.05) is 18.2 Å². The number of para-hydroxylation sites is 1. The van der Waals surface area contributed by atoms with Gasteiger partial charge in [0.15, 0.2) is 5.75 Å². The topological polar surface area (TPSA) is 47.3 Å². The van der Waals surface area contributed by atoms with E-state index in [0.29, 0.717) is 5.69 Å². The minimum absolute atomic E-state index is 0.152. The van der Waals surface area contributed by atoms with E-state index in [9.17, 15) is 5.11 Å². The molecule has 4 heteroatoms. The molecule has 20 heavy (non-hydrogen) atoms. The fourth-order valence-corrected chi connectivity index (χ4v) is 2.03. The molecule has 0 saturated carbocycles. The minimum Gasteiger partial charge on any atom is -0.504 e. The molecule has 3 rings (SSSR count). The third kappa shape index (κ3) is 2.23. The summed E-state index contributed by atoms with van der Waals surface area (Å²) in [5, 5.41) is 14.5. The maximum absolute atomic E-state index is 10.1. The Balaban J connectivity index is 2.00. The molecule has 100 valence electrons. The van der Waals surface area contributed by atoms with Gasteiger partial charge in [0.2, 0.25) is 0 Å². The van der Waals surface area contributed by atoms with Gasteiger partial charge in [0.25, 0.3) is 0 Å². The van der Waals surface area contributed by atoms with Crippen molar-refractivity contribution in [2.24, 2.45) is 0 Å². The van der Waals surface area contributed by atoms with Crippen molar-refractivity contribution < 1.29 is 9.84 Å². The highest BCUT2D eigenvalue weighted by Crippen LogP contribution is 2.29. The number of benzene rings is 2. The molecular weight excluding hydrogens is 252 g/mol. The predicted molar refractivity (Wildman–Crippen MR) is 77.2 cm³/mol. The Morgan fingerprint density at radius 3 is 2.35 bits per heavy atom. The van der Waals surface area contributed by atoms with Crippen LogP contribution < -0.4 is 4.74 Å². The molecule has 0 unspecified atom stereocenters. The van der Waals surface area contributed by atoms with E-state index in [1.165, 1.54) is 0 Å². The Bertz CT molecular complexity index is 703. The van der Waals surface area contributed by atoms with E-state index < -0.39 is 0 Å². The number of aromatic hydroxyl groups is 1. The van der Waals surface area contributed by atoms with Crippen molar-refractivity contribution in [2.75, 3.05) is 7.11 Å². The molecule has 0 atom stereocenters. The number of hydrogen-bond donors (Lipinski definition) is 1. The molecule has 0 bridgehead atoms. The molecule has 3 aromatic rings. The molecule has 0 aliphatic carbocycles. The van der Waals surface area contributed by atoms with Gasteiger partial charge in [-0.2, -0.15) is 5.10 Å². The second-order valence-electron chi connectivity index (χ2n) is 4.37. The molecule has 0 fully saturated rings. The lowest BCUT2D eigenvalue weighted by Crippen LogP contribution is -1.94. The Kier molecular flexibility index (Phi) is 3.13. The molecule has 0 amide bonds. The fraction of sp³-hybridized carbons (Fsp3) is 0.0625. The highest BCUT2D eigenvalue weighted by atomic mass is 16.5. The summed E-state index contributed by atoms with van der Waals surface area (Å²) >= 11 is 0. The van der Waals surface area contributed by atoms with Gasteiger partial charge < -0.3 is 9.84 Å². The van der Waals surface area contributed by atoms with Crippen molar-refractivity contribution in [1.82, 2.24) is 9.78 Å². The third-order valence-corrected chi connectivity index (χ3v) is 3.08. The van der Waals surface area contributed by atoms with E-state index >= 15 is 0 Å². The number of rotatable bonds is 3. The van der Waals surface area contributed by atoms with Crippen LogP contribution in [0.2, 0.25) is 0 Å². The van der Waals surface area contributed by atoms with Crippen LogP contribution in [0.25, 0.3) is 16.9 Å². The molecule has 1 N–H and O–H groups in total. The molecule has 4 nitrogen and oxygen atoms in total. The maximum Gasteiger partial charge on any atom is 0.162 e. The first-order chi connectivity index (χ1) is 9.78. The second kappa shape index (κ2) is 5.09. The van der Waals surface area contributed by atoms with Crippen molar-refractivity contribution in [2.45, 2.75) is 0 Å². The monoisotopic (exact) mass is 266 g/mol. The Morgan fingerprint density at radius 2 is 1.70 bits per heavy atom. The average Bonchev–Trinajstić information content (AvgIpc) is 2.90. The van der Waals surface area contributed by atoms with Crippen molar-refractivity contribution in [1.29, 1.82) is 0 Å². The SMILES string of the molecule is COc1ccc(-c2nn(-c3ccccc3)cc2O)cc1. The highest BCUT2D eigenvalue weighted by Gasteiger charge is 2.11. The minimum atomic E-state index is 0.152. The smallest absolute Gasteiger partial charge is 0.162 e. The first-order valence-corrected chi connectivity index (χ1v) is 6.26. The van der Waals surface area contributed by atoms with Crippen molar-refractivity contribution in [3.63, 3.8) is 0 Å². The van der Waals surface area contributed by atoms with E-state index in [-0.39, 0.29) is 5.75 Å². The van der Waals surface area contributed by atoms with E-state index in [0.717, 1.165) is 17.0 Å². The summed E-state index contributed by atoms with van der Waals surface area (Å²) in [6.07, 6.45) is 1.61. The van der Waals surface area contributed by atoms with Gasteiger partial charge in [-0.05, 0) is 36.4 Å². The summed E-state index contributed by atoms with van der Waals surface area (Å²) in [7, 11) is 1.62. The third-order valence-electron chi connectivity index (χ3n) is 3.08. The molecule has 0 saturated heterocycles. The summed E-state index contributed by atoms with van der Waals surface area (Å²) in [4.78, 5) is 0. The standard InChI is InChI=1S/C16H14N2O2/c1-20-14-9-7-12(8-10-14)16-15(19)11-18(17-16)13-5-3-2-4-6-13/h2-11,19H,1H3. The van der Waals surface area contributed by atoms with Gasteiger partial charge >= 0.3 is 0 Å². The largest absolute Gasteiger partial charge is 0.504 e. The van der Waals surface area contributed by atoms with Crippen LogP contribution in [-0.2, 0) is 0 Å².